The lowest BCUT2D eigenvalue weighted by Gasteiger charge is -2.28. The van der Waals surface area contributed by atoms with Crippen molar-refractivity contribution in [2.75, 3.05) is 0 Å². The van der Waals surface area contributed by atoms with Crippen molar-refractivity contribution in [3.8, 4) is 0 Å². The Bertz CT molecular complexity index is 673. The number of aromatic nitrogens is 1. The number of nitrogens with one attached hydrogen (secondary N) is 1. The normalized spacial score (nSPS) is 15.0. The quantitative estimate of drug-likeness (QED) is 0.614. The van der Waals surface area contributed by atoms with Crippen molar-refractivity contribution in [2.24, 2.45) is 0 Å². The van der Waals surface area contributed by atoms with Crippen LogP contribution in [0.2, 0.25) is 10.2 Å². The summed E-state index contributed by atoms with van der Waals surface area (Å²) >= 11 is 11.1. The van der Waals surface area contributed by atoms with E-state index in [1.165, 1.54) is 0 Å². The molecule has 0 radical (unpaired) electrons. The van der Waals surface area contributed by atoms with Crippen molar-refractivity contribution in [1.82, 2.24) is 9.71 Å². The van der Waals surface area contributed by atoms with E-state index >= 15 is 0 Å². The van der Waals surface area contributed by atoms with Crippen LogP contribution in [0.3, 0.4) is 0 Å². The molecule has 0 aliphatic rings. The molecule has 0 bridgehead atoms. The van der Waals surface area contributed by atoms with Gasteiger partial charge in [-0.3, -0.25) is 0 Å². The molecule has 120 valence electrons. The van der Waals surface area contributed by atoms with Gasteiger partial charge in [-0.25, -0.2) is 4.98 Å². The summed E-state index contributed by atoms with van der Waals surface area (Å²) in [7, 11) is 0. The van der Waals surface area contributed by atoms with E-state index < -0.39 is 11.4 Å². The molecule has 2 rings (SSSR count). The van der Waals surface area contributed by atoms with E-state index in [9.17, 15) is 4.55 Å². The van der Waals surface area contributed by atoms with E-state index in [2.05, 4.69) is 16.6 Å². The predicted octanol–water partition coefficient (Wildman–Crippen LogP) is 5.04. The smallest absolute Gasteiger partial charge is 0.136 e. The second-order valence-corrected chi connectivity index (χ2v) is 8.94. The molecule has 3 nitrogen and oxygen atoms in total. The number of fused-ring (bicyclic) bond motifs is 1. The standard InChI is InChI=1S/C16H20Cl2N2OS/c1-5-14(20-22(21)16(2,3)4)10-6-7-13(17)12-9-19-15(18)8-11(10)12/h6-9,14,20H,5H2,1-4H3/t14-,22?/m1/s1. The van der Waals surface area contributed by atoms with Crippen LogP contribution in [0.15, 0.2) is 24.4 Å². The van der Waals surface area contributed by atoms with Gasteiger partial charge >= 0.3 is 0 Å². The third-order valence-electron chi connectivity index (χ3n) is 3.44. The van der Waals surface area contributed by atoms with E-state index in [-0.39, 0.29) is 10.8 Å². The Labute approximate surface area is 144 Å². The average molecular weight is 359 g/mol. The fourth-order valence-electron chi connectivity index (χ4n) is 2.18. The van der Waals surface area contributed by atoms with E-state index in [0.717, 1.165) is 22.8 Å². The number of hydrogen-bond acceptors (Lipinski definition) is 3. The van der Waals surface area contributed by atoms with Gasteiger partial charge in [0.05, 0.1) is 6.04 Å². The van der Waals surface area contributed by atoms with Crippen molar-refractivity contribution >= 4 is 45.3 Å². The van der Waals surface area contributed by atoms with Crippen molar-refractivity contribution < 1.29 is 4.55 Å². The Morgan fingerprint density at radius 3 is 2.55 bits per heavy atom. The first-order chi connectivity index (χ1) is 10.2. The molecule has 2 atom stereocenters. The second-order valence-electron chi connectivity index (χ2n) is 6.15. The lowest BCUT2D eigenvalue weighted by Crippen LogP contribution is -2.41. The molecule has 6 heteroatoms. The molecule has 1 unspecified atom stereocenters. The second kappa shape index (κ2) is 6.93. The SMILES string of the molecule is CC[C@@H](N[S+]([O-])C(C)(C)C)c1ccc(Cl)c2cnc(Cl)cc12. The zero-order chi connectivity index (χ0) is 16.5. The van der Waals surface area contributed by atoms with Crippen LogP contribution in [0.1, 0.15) is 45.7 Å². The zero-order valence-electron chi connectivity index (χ0n) is 13.1. The Kier molecular flexibility index (Phi) is 5.62. The third kappa shape index (κ3) is 3.87. The topological polar surface area (TPSA) is 48.0 Å². The van der Waals surface area contributed by atoms with Crippen molar-refractivity contribution in [1.29, 1.82) is 0 Å². The summed E-state index contributed by atoms with van der Waals surface area (Å²) in [6, 6.07) is 5.57. The van der Waals surface area contributed by atoms with Gasteiger partial charge in [-0.2, -0.15) is 0 Å². The van der Waals surface area contributed by atoms with Crippen LogP contribution in [-0.4, -0.2) is 14.3 Å². The molecule has 0 aliphatic heterocycles. The van der Waals surface area contributed by atoms with Gasteiger partial charge in [-0.05, 0) is 50.3 Å². The van der Waals surface area contributed by atoms with Crippen LogP contribution in [0.25, 0.3) is 10.8 Å². The number of nitrogens with zero attached hydrogens (tertiary/aromatic N) is 1. The summed E-state index contributed by atoms with van der Waals surface area (Å²) in [5.74, 6) is 0. The highest BCUT2D eigenvalue weighted by Gasteiger charge is 2.29. The number of benzene rings is 1. The fraction of sp³-hybridized carbons (Fsp3) is 0.438. The maximum Gasteiger partial charge on any atom is 0.136 e. The molecule has 1 N–H and O–H groups in total. The van der Waals surface area contributed by atoms with Gasteiger partial charge in [-0.15, -0.1) is 4.72 Å². The highest BCUT2D eigenvalue weighted by atomic mass is 35.5. The van der Waals surface area contributed by atoms with Gasteiger partial charge in [-0.1, -0.05) is 36.2 Å². The van der Waals surface area contributed by atoms with Gasteiger partial charge in [0.1, 0.15) is 9.90 Å². The lowest BCUT2D eigenvalue weighted by atomic mass is 9.99. The molecule has 0 aliphatic carbocycles. The molecular weight excluding hydrogens is 339 g/mol. The van der Waals surface area contributed by atoms with Gasteiger partial charge < -0.3 is 4.55 Å². The molecule has 0 fully saturated rings. The predicted molar refractivity (Wildman–Crippen MR) is 95.8 cm³/mol. The van der Waals surface area contributed by atoms with Gasteiger partial charge in [0.25, 0.3) is 0 Å². The van der Waals surface area contributed by atoms with Gasteiger partial charge in [0.2, 0.25) is 0 Å². The number of halogens is 2. The lowest BCUT2D eigenvalue weighted by molar-refractivity contribution is 0.520. The number of pyridine rings is 1. The highest BCUT2D eigenvalue weighted by Crippen LogP contribution is 2.33. The molecule has 2 aromatic rings. The fourth-order valence-corrected chi connectivity index (χ4v) is 3.46. The summed E-state index contributed by atoms with van der Waals surface area (Å²) in [5, 5.41) is 2.85. The van der Waals surface area contributed by atoms with Crippen LogP contribution in [0.5, 0.6) is 0 Å². The largest absolute Gasteiger partial charge is 0.598 e. The third-order valence-corrected chi connectivity index (χ3v) is 5.58. The minimum Gasteiger partial charge on any atom is -0.598 e. The van der Waals surface area contributed by atoms with E-state index in [0.29, 0.717) is 10.2 Å². The summed E-state index contributed by atoms with van der Waals surface area (Å²) in [5.41, 5.74) is 1.03. The molecular formula is C16H20Cl2N2OS. The summed E-state index contributed by atoms with van der Waals surface area (Å²) in [6.45, 7) is 7.90. The molecule has 22 heavy (non-hydrogen) atoms. The number of hydrogen-bond donors (Lipinski definition) is 1. The zero-order valence-corrected chi connectivity index (χ0v) is 15.4. The molecule has 0 amide bonds. The molecule has 0 spiro atoms. The van der Waals surface area contributed by atoms with Gasteiger partial charge in [0.15, 0.2) is 0 Å². The first-order valence-corrected chi connectivity index (χ1v) is 9.06. The Morgan fingerprint density at radius 2 is 1.95 bits per heavy atom. The van der Waals surface area contributed by atoms with Crippen LogP contribution >= 0.6 is 23.2 Å². The summed E-state index contributed by atoms with van der Waals surface area (Å²) in [4.78, 5) is 4.10. The van der Waals surface area contributed by atoms with Crippen LogP contribution in [-0.2, 0) is 11.4 Å². The van der Waals surface area contributed by atoms with Crippen LogP contribution in [0.4, 0.5) is 0 Å². The van der Waals surface area contributed by atoms with Crippen molar-refractivity contribution in [3.63, 3.8) is 0 Å². The molecule has 0 saturated carbocycles. The molecule has 1 aromatic carbocycles. The molecule has 1 heterocycles. The highest BCUT2D eigenvalue weighted by molar-refractivity contribution is 7.90. The first kappa shape index (κ1) is 17.8. The van der Waals surface area contributed by atoms with Gasteiger partial charge in [0, 0.05) is 28.0 Å². The summed E-state index contributed by atoms with van der Waals surface area (Å²) < 4.78 is 15.3. The minimum atomic E-state index is -1.15. The van der Waals surface area contributed by atoms with Crippen LogP contribution in [0, 0.1) is 0 Å². The minimum absolute atomic E-state index is 0.0432. The summed E-state index contributed by atoms with van der Waals surface area (Å²) in [6.07, 6.45) is 2.48. The Balaban J connectivity index is 2.47. The molecule has 0 saturated heterocycles. The average Bonchev–Trinajstić information content (AvgIpc) is 2.44. The van der Waals surface area contributed by atoms with E-state index in [4.69, 9.17) is 23.2 Å². The van der Waals surface area contributed by atoms with E-state index in [1.807, 2.05) is 39.0 Å². The van der Waals surface area contributed by atoms with Crippen LogP contribution < -0.4 is 4.72 Å². The Morgan fingerprint density at radius 1 is 1.27 bits per heavy atom. The monoisotopic (exact) mass is 358 g/mol. The maximum absolute atomic E-state index is 12.4. The Hall–Kier alpha value is -0.520. The van der Waals surface area contributed by atoms with Crippen molar-refractivity contribution in [2.45, 2.75) is 44.9 Å². The maximum atomic E-state index is 12.4. The first-order valence-electron chi connectivity index (χ1n) is 7.15. The molecule has 1 aromatic heterocycles. The van der Waals surface area contributed by atoms with Crippen molar-refractivity contribution in [3.05, 3.63) is 40.1 Å². The number of rotatable bonds is 4. The van der Waals surface area contributed by atoms with E-state index in [1.54, 1.807) is 6.20 Å².